The zero-order valence-corrected chi connectivity index (χ0v) is 16.3. The monoisotopic (exact) mass is 388 g/mol. The maximum Gasteiger partial charge on any atom is 0.227 e. The summed E-state index contributed by atoms with van der Waals surface area (Å²) in [6.07, 6.45) is 0.664. The van der Waals surface area contributed by atoms with Crippen molar-refractivity contribution in [2.75, 3.05) is 7.11 Å². The second kappa shape index (κ2) is 7.96. The predicted molar refractivity (Wildman–Crippen MR) is 100 cm³/mol. The van der Waals surface area contributed by atoms with Crippen LogP contribution in [0.2, 0.25) is 0 Å². The molecule has 0 bridgehead atoms. The summed E-state index contributed by atoms with van der Waals surface area (Å²) < 4.78 is 43.3. The lowest BCUT2D eigenvalue weighted by Crippen LogP contribution is -2.09. The van der Waals surface area contributed by atoms with Gasteiger partial charge in [0, 0.05) is 17.5 Å². The Morgan fingerprint density at radius 3 is 2.54 bits per heavy atom. The number of methoxy groups -OCH3 is 1. The molecule has 0 aliphatic heterocycles. The number of ether oxygens (including phenoxy) is 2. The fourth-order valence-electron chi connectivity index (χ4n) is 2.63. The highest BCUT2D eigenvalue weighted by Crippen LogP contribution is 2.32. The molecule has 7 heteroatoms. The molecule has 1 aromatic heterocycles. The van der Waals surface area contributed by atoms with Crippen LogP contribution in [0.15, 0.2) is 40.9 Å². The highest BCUT2D eigenvalue weighted by molar-refractivity contribution is 5.60. The minimum absolute atomic E-state index is 0.0331. The average molecular weight is 388 g/mol. The van der Waals surface area contributed by atoms with Gasteiger partial charge in [-0.1, -0.05) is 25.9 Å². The van der Waals surface area contributed by atoms with Crippen molar-refractivity contribution in [1.29, 1.82) is 0 Å². The van der Waals surface area contributed by atoms with Crippen molar-refractivity contribution in [3.63, 3.8) is 0 Å². The van der Waals surface area contributed by atoms with Gasteiger partial charge in [0.2, 0.25) is 11.7 Å². The third-order valence-corrected chi connectivity index (χ3v) is 3.96. The van der Waals surface area contributed by atoms with Crippen molar-refractivity contribution in [3.8, 4) is 22.9 Å². The van der Waals surface area contributed by atoms with Crippen LogP contribution >= 0.6 is 0 Å². The Labute approximate surface area is 162 Å². The van der Waals surface area contributed by atoms with Gasteiger partial charge in [-0.25, -0.2) is 8.78 Å². The number of aromatic nitrogens is 2. The fourth-order valence-corrected chi connectivity index (χ4v) is 2.63. The number of hydrogen-bond acceptors (Lipinski definition) is 5. The summed E-state index contributed by atoms with van der Waals surface area (Å²) in [7, 11) is 1.50. The quantitative estimate of drug-likeness (QED) is 0.582. The topological polar surface area (TPSA) is 57.4 Å². The van der Waals surface area contributed by atoms with Crippen LogP contribution in [0.5, 0.6) is 11.5 Å². The molecule has 0 atom stereocenters. The number of rotatable bonds is 6. The average Bonchev–Trinajstić information content (AvgIpc) is 3.09. The molecule has 5 nitrogen and oxygen atoms in total. The van der Waals surface area contributed by atoms with Crippen LogP contribution in [0.3, 0.4) is 0 Å². The van der Waals surface area contributed by atoms with Gasteiger partial charge in [-0.05, 0) is 41.8 Å². The van der Waals surface area contributed by atoms with Crippen LogP contribution < -0.4 is 9.47 Å². The van der Waals surface area contributed by atoms with E-state index in [0.717, 1.165) is 18.2 Å². The molecule has 148 valence electrons. The zero-order chi connectivity index (χ0) is 20.3. The van der Waals surface area contributed by atoms with Gasteiger partial charge in [0.05, 0.1) is 7.11 Å². The van der Waals surface area contributed by atoms with E-state index in [1.54, 1.807) is 18.2 Å². The van der Waals surface area contributed by atoms with Gasteiger partial charge < -0.3 is 14.0 Å². The molecule has 28 heavy (non-hydrogen) atoms. The number of nitrogens with zero attached hydrogens (tertiary/aromatic N) is 2. The molecule has 0 N–H and O–H groups in total. The molecule has 0 radical (unpaired) electrons. The van der Waals surface area contributed by atoms with Crippen molar-refractivity contribution in [1.82, 2.24) is 10.1 Å². The molecule has 0 amide bonds. The van der Waals surface area contributed by atoms with E-state index >= 15 is 0 Å². The van der Waals surface area contributed by atoms with Crippen molar-refractivity contribution < 1.29 is 22.8 Å². The first kappa shape index (κ1) is 19.8. The van der Waals surface area contributed by atoms with Gasteiger partial charge in [0.25, 0.3) is 0 Å². The molecule has 0 unspecified atom stereocenters. The second-order valence-corrected chi connectivity index (χ2v) is 7.64. The maximum absolute atomic E-state index is 13.8. The molecule has 3 aromatic rings. The molecular weight excluding hydrogens is 366 g/mol. The highest BCUT2D eigenvalue weighted by Gasteiger charge is 2.18. The van der Waals surface area contributed by atoms with E-state index in [0.29, 0.717) is 35.2 Å². The Morgan fingerprint density at radius 1 is 1.04 bits per heavy atom. The first-order valence-corrected chi connectivity index (χ1v) is 8.83. The Hall–Kier alpha value is -2.96. The van der Waals surface area contributed by atoms with E-state index in [4.69, 9.17) is 14.0 Å². The fraction of sp³-hybridized carbons (Fsp3) is 0.333. The highest BCUT2D eigenvalue weighted by atomic mass is 19.1. The molecule has 0 aliphatic carbocycles. The summed E-state index contributed by atoms with van der Waals surface area (Å²) in [6, 6.07) is 8.37. The second-order valence-electron chi connectivity index (χ2n) is 7.64. The molecule has 0 spiro atoms. The van der Waals surface area contributed by atoms with E-state index in [2.05, 4.69) is 30.9 Å². The van der Waals surface area contributed by atoms with Gasteiger partial charge in [-0.3, -0.25) is 0 Å². The van der Waals surface area contributed by atoms with Crippen molar-refractivity contribution in [2.24, 2.45) is 5.41 Å². The van der Waals surface area contributed by atoms with Crippen molar-refractivity contribution >= 4 is 0 Å². The Kier molecular flexibility index (Phi) is 5.63. The van der Waals surface area contributed by atoms with E-state index in [9.17, 15) is 8.78 Å². The van der Waals surface area contributed by atoms with Crippen LogP contribution in [0.4, 0.5) is 8.78 Å². The van der Waals surface area contributed by atoms with Crippen molar-refractivity contribution in [2.45, 2.75) is 33.8 Å². The molecule has 3 rings (SSSR count). The van der Waals surface area contributed by atoms with Gasteiger partial charge in [0.15, 0.2) is 11.5 Å². The number of hydrogen-bond donors (Lipinski definition) is 0. The van der Waals surface area contributed by atoms with Gasteiger partial charge in [-0.15, -0.1) is 0 Å². The lowest BCUT2D eigenvalue weighted by Gasteiger charge is -2.13. The van der Waals surface area contributed by atoms with E-state index < -0.39 is 11.6 Å². The van der Waals surface area contributed by atoms with Crippen LogP contribution in [0.1, 0.15) is 32.2 Å². The summed E-state index contributed by atoms with van der Waals surface area (Å²) in [5, 5.41) is 4.02. The van der Waals surface area contributed by atoms with E-state index in [1.807, 2.05) is 0 Å². The maximum atomic E-state index is 13.8. The third kappa shape index (κ3) is 4.85. The molecule has 0 saturated heterocycles. The summed E-state index contributed by atoms with van der Waals surface area (Å²) in [6.45, 7) is 6.14. The Balaban J connectivity index is 1.78. The first-order chi connectivity index (χ1) is 13.2. The zero-order valence-electron chi connectivity index (χ0n) is 16.3. The Bertz CT molecular complexity index is 965. The van der Waals surface area contributed by atoms with Gasteiger partial charge >= 0.3 is 0 Å². The lowest BCUT2D eigenvalue weighted by molar-refractivity contribution is 0.279. The van der Waals surface area contributed by atoms with Crippen molar-refractivity contribution in [3.05, 3.63) is 59.5 Å². The predicted octanol–water partition coefficient (Wildman–Crippen LogP) is 5.19. The minimum Gasteiger partial charge on any atom is -0.493 e. The normalized spacial score (nSPS) is 11.5. The SMILES string of the molecule is COc1cc(-c2noc(CC(C)(C)C)n2)ccc1OCc1cc(F)ccc1F. The van der Waals surface area contributed by atoms with Crippen LogP contribution in [0, 0.1) is 17.0 Å². The molecular formula is C21H22F2N2O3. The largest absolute Gasteiger partial charge is 0.493 e. The molecule has 0 saturated carbocycles. The van der Waals surface area contributed by atoms with Gasteiger partial charge in [0.1, 0.15) is 18.2 Å². The molecule has 2 aromatic carbocycles. The minimum atomic E-state index is -0.532. The Morgan fingerprint density at radius 2 is 1.82 bits per heavy atom. The summed E-state index contributed by atoms with van der Waals surface area (Å²) >= 11 is 0. The first-order valence-electron chi connectivity index (χ1n) is 8.83. The van der Waals surface area contributed by atoms with E-state index in [1.165, 1.54) is 7.11 Å². The van der Waals surface area contributed by atoms with Crippen LogP contribution in [0.25, 0.3) is 11.4 Å². The summed E-state index contributed by atoms with van der Waals surface area (Å²) in [5.41, 5.74) is 0.854. The summed E-state index contributed by atoms with van der Waals surface area (Å²) in [4.78, 5) is 4.42. The smallest absolute Gasteiger partial charge is 0.227 e. The number of benzene rings is 2. The van der Waals surface area contributed by atoms with E-state index in [-0.39, 0.29) is 17.6 Å². The third-order valence-electron chi connectivity index (χ3n) is 3.96. The van der Waals surface area contributed by atoms with Gasteiger partial charge in [-0.2, -0.15) is 4.98 Å². The standard InChI is InChI=1S/C21H22F2N2O3/c1-21(2,3)11-19-24-20(25-28-19)13-5-8-17(18(10-13)26-4)27-12-14-9-15(22)6-7-16(14)23/h5-10H,11-12H2,1-4H3. The molecule has 0 fully saturated rings. The lowest BCUT2D eigenvalue weighted by atomic mass is 9.92. The number of halogens is 2. The van der Waals surface area contributed by atoms with Crippen LogP contribution in [-0.4, -0.2) is 17.3 Å². The molecule has 0 aliphatic rings. The summed E-state index contributed by atoms with van der Waals surface area (Å²) in [5.74, 6) is 0.772. The molecule has 1 heterocycles. The van der Waals surface area contributed by atoms with Crippen LogP contribution in [-0.2, 0) is 13.0 Å².